The van der Waals surface area contributed by atoms with E-state index < -0.39 is 0 Å². The maximum Gasteiger partial charge on any atom is 0.216 e. The molecule has 1 fully saturated rings. The van der Waals surface area contributed by atoms with E-state index in [1.165, 1.54) is 44.2 Å². The zero-order chi connectivity index (χ0) is 13.0. The van der Waals surface area contributed by atoms with Gasteiger partial charge in [-0.2, -0.15) is 0 Å². The third-order valence-corrected chi connectivity index (χ3v) is 3.58. The van der Waals surface area contributed by atoms with Crippen molar-refractivity contribution in [3.63, 3.8) is 0 Å². The summed E-state index contributed by atoms with van der Waals surface area (Å²) in [6.07, 6.45) is 6.21. The molecule has 4 nitrogen and oxygen atoms in total. The molecule has 1 aliphatic rings. The lowest BCUT2D eigenvalue weighted by Crippen LogP contribution is -2.91. The fourth-order valence-electron chi connectivity index (χ4n) is 2.46. The first-order valence-electron chi connectivity index (χ1n) is 6.55. The Labute approximate surface area is 107 Å². The van der Waals surface area contributed by atoms with Gasteiger partial charge in [0, 0.05) is 5.56 Å². The third kappa shape index (κ3) is 3.23. The zero-order valence-corrected chi connectivity index (χ0v) is 10.4. The molecule has 4 N–H and O–H groups in total. The Balaban J connectivity index is 1.88. The van der Waals surface area contributed by atoms with E-state index >= 15 is 0 Å². The Hall–Kier alpha value is -1.55. The molecule has 0 amide bonds. The van der Waals surface area contributed by atoms with Crippen molar-refractivity contribution < 1.29 is 20.3 Å². The van der Waals surface area contributed by atoms with E-state index in [1.54, 1.807) is 6.07 Å². The molecule has 0 bridgehead atoms. The molecule has 0 unspecified atom stereocenters. The molecule has 0 aliphatic heterocycles. The zero-order valence-electron chi connectivity index (χ0n) is 10.4. The topological polar surface area (TPSA) is 74.1 Å². The largest absolute Gasteiger partial charge is 0.504 e. The smallest absolute Gasteiger partial charge is 0.216 e. The summed E-state index contributed by atoms with van der Waals surface area (Å²) in [7, 11) is 0. The average Bonchev–Trinajstić information content (AvgIpc) is 2.40. The monoisotopic (exact) mass is 250 g/mol. The van der Waals surface area contributed by atoms with Gasteiger partial charge in [0.25, 0.3) is 0 Å². The molecule has 0 aromatic heterocycles. The van der Waals surface area contributed by atoms with Gasteiger partial charge in [0.15, 0.2) is 11.5 Å². The van der Waals surface area contributed by atoms with Crippen molar-refractivity contribution in [1.82, 2.24) is 0 Å². The van der Waals surface area contributed by atoms with Gasteiger partial charge in [-0.05, 0) is 43.9 Å². The number of Topliss-reactive ketones (excluding diaryl/α,β-unsaturated/α-hetero) is 1. The van der Waals surface area contributed by atoms with Crippen molar-refractivity contribution in [1.29, 1.82) is 0 Å². The average molecular weight is 250 g/mol. The summed E-state index contributed by atoms with van der Waals surface area (Å²) in [5.41, 5.74) is 0.456. The van der Waals surface area contributed by atoms with Crippen molar-refractivity contribution in [3.8, 4) is 11.5 Å². The minimum absolute atomic E-state index is 0.00382. The SMILES string of the molecule is O=C(C[NH2+]C1CCCCC1)c1ccc(O)c(O)c1. The fourth-order valence-corrected chi connectivity index (χ4v) is 2.46. The number of phenols is 2. The Morgan fingerprint density at radius 2 is 1.89 bits per heavy atom. The van der Waals surface area contributed by atoms with Crippen LogP contribution < -0.4 is 5.32 Å². The molecular formula is C14H20NO3+. The summed E-state index contributed by atoms with van der Waals surface area (Å²) in [6.45, 7) is 0.412. The number of benzene rings is 1. The Bertz CT molecular complexity index is 425. The lowest BCUT2D eigenvalue weighted by atomic mass is 9.95. The number of hydrogen-bond donors (Lipinski definition) is 3. The van der Waals surface area contributed by atoms with Crippen LogP contribution in [0.3, 0.4) is 0 Å². The van der Waals surface area contributed by atoms with Crippen LogP contribution in [-0.2, 0) is 0 Å². The van der Waals surface area contributed by atoms with E-state index in [0.29, 0.717) is 18.2 Å². The van der Waals surface area contributed by atoms with Crippen LogP contribution >= 0.6 is 0 Å². The molecule has 0 radical (unpaired) electrons. The summed E-state index contributed by atoms with van der Waals surface area (Å²) < 4.78 is 0. The van der Waals surface area contributed by atoms with Crippen molar-refractivity contribution in [2.24, 2.45) is 0 Å². The van der Waals surface area contributed by atoms with Crippen molar-refractivity contribution >= 4 is 5.78 Å². The summed E-state index contributed by atoms with van der Waals surface area (Å²) in [6, 6.07) is 4.79. The minimum atomic E-state index is -0.237. The molecule has 2 rings (SSSR count). The highest BCUT2D eigenvalue weighted by Crippen LogP contribution is 2.24. The molecule has 4 heteroatoms. The highest BCUT2D eigenvalue weighted by Gasteiger charge is 2.18. The number of ketones is 1. The summed E-state index contributed by atoms with van der Waals surface area (Å²) >= 11 is 0. The van der Waals surface area contributed by atoms with Crippen LogP contribution in [0.15, 0.2) is 18.2 Å². The van der Waals surface area contributed by atoms with Crippen molar-refractivity contribution in [2.75, 3.05) is 6.54 Å². The van der Waals surface area contributed by atoms with Gasteiger partial charge in [-0.1, -0.05) is 6.42 Å². The number of aromatic hydroxyl groups is 2. The summed E-state index contributed by atoms with van der Waals surface area (Å²) in [4.78, 5) is 11.9. The maximum atomic E-state index is 11.9. The number of carbonyl (C=O) groups excluding carboxylic acids is 1. The van der Waals surface area contributed by atoms with Crippen molar-refractivity contribution in [2.45, 2.75) is 38.1 Å². The predicted octanol–water partition coefficient (Wildman–Crippen LogP) is 1.18. The summed E-state index contributed by atoms with van der Waals surface area (Å²) in [5, 5.41) is 20.6. The molecule has 1 aromatic carbocycles. The molecule has 0 heterocycles. The van der Waals surface area contributed by atoms with Crippen LogP contribution in [-0.4, -0.2) is 28.6 Å². The van der Waals surface area contributed by atoms with Gasteiger partial charge < -0.3 is 15.5 Å². The standard InChI is InChI=1S/C14H19NO3/c16-12-7-6-10(8-13(12)17)14(18)9-15-11-4-2-1-3-5-11/h6-8,11,15-17H,1-5,9H2/p+1. The van der Waals surface area contributed by atoms with Crippen LogP contribution in [0.1, 0.15) is 42.5 Å². The lowest BCUT2D eigenvalue weighted by Gasteiger charge is -2.19. The fraction of sp³-hybridized carbons (Fsp3) is 0.500. The molecule has 18 heavy (non-hydrogen) atoms. The number of carbonyl (C=O) groups is 1. The first kappa shape index (κ1) is 12.9. The molecule has 1 saturated carbocycles. The lowest BCUT2D eigenvalue weighted by molar-refractivity contribution is -0.680. The van der Waals surface area contributed by atoms with Crippen LogP contribution in [0.25, 0.3) is 0 Å². The van der Waals surface area contributed by atoms with Crippen LogP contribution in [0.4, 0.5) is 0 Å². The molecule has 98 valence electrons. The van der Waals surface area contributed by atoms with E-state index in [-0.39, 0.29) is 17.3 Å². The predicted molar refractivity (Wildman–Crippen MR) is 67.8 cm³/mol. The Morgan fingerprint density at radius 3 is 2.56 bits per heavy atom. The van der Waals surface area contributed by atoms with Gasteiger partial charge in [0.1, 0.15) is 6.54 Å². The second-order valence-electron chi connectivity index (χ2n) is 4.96. The van der Waals surface area contributed by atoms with Gasteiger partial charge in [-0.15, -0.1) is 0 Å². The second kappa shape index (κ2) is 5.87. The maximum absolute atomic E-state index is 11.9. The van der Waals surface area contributed by atoms with E-state index in [9.17, 15) is 15.0 Å². The summed E-state index contributed by atoms with van der Waals surface area (Å²) in [5.74, 6) is -0.433. The van der Waals surface area contributed by atoms with Gasteiger partial charge in [0.05, 0.1) is 6.04 Å². The van der Waals surface area contributed by atoms with Crippen LogP contribution in [0, 0.1) is 0 Å². The Kier molecular flexibility index (Phi) is 4.20. The third-order valence-electron chi connectivity index (χ3n) is 3.58. The Morgan fingerprint density at radius 1 is 1.17 bits per heavy atom. The molecule has 0 spiro atoms. The van der Waals surface area contributed by atoms with E-state index in [2.05, 4.69) is 5.32 Å². The second-order valence-corrected chi connectivity index (χ2v) is 4.96. The molecule has 0 saturated heterocycles. The highest BCUT2D eigenvalue weighted by molar-refractivity contribution is 5.97. The molecule has 0 atom stereocenters. The number of rotatable bonds is 4. The molecule has 1 aliphatic carbocycles. The number of phenolic OH excluding ortho intramolecular Hbond substituents is 2. The minimum Gasteiger partial charge on any atom is -0.504 e. The molecule has 1 aromatic rings. The van der Waals surface area contributed by atoms with Gasteiger partial charge in [-0.25, -0.2) is 0 Å². The van der Waals surface area contributed by atoms with Gasteiger partial charge in [0.2, 0.25) is 5.78 Å². The van der Waals surface area contributed by atoms with Crippen molar-refractivity contribution in [3.05, 3.63) is 23.8 Å². The quantitative estimate of drug-likeness (QED) is 0.555. The first-order valence-corrected chi connectivity index (χ1v) is 6.55. The normalized spacial score (nSPS) is 16.7. The van der Waals surface area contributed by atoms with Gasteiger partial charge in [-0.3, -0.25) is 4.79 Å². The number of hydrogen-bond acceptors (Lipinski definition) is 3. The van der Waals surface area contributed by atoms with Gasteiger partial charge >= 0.3 is 0 Å². The number of quaternary nitrogens is 1. The highest BCUT2D eigenvalue weighted by atomic mass is 16.3. The van der Waals surface area contributed by atoms with Crippen LogP contribution in [0.5, 0.6) is 11.5 Å². The number of nitrogens with two attached hydrogens (primary N) is 1. The van der Waals surface area contributed by atoms with E-state index in [0.717, 1.165) is 0 Å². The molecular weight excluding hydrogens is 230 g/mol. The first-order chi connectivity index (χ1) is 8.66. The van der Waals surface area contributed by atoms with Crippen LogP contribution in [0.2, 0.25) is 0 Å². The van der Waals surface area contributed by atoms with E-state index in [1.807, 2.05) is 0 Å². The van der Waals surface area contributed by atoms with E-state index in [4.69, 9.17) is 0 Å².